The highest BCUT2D eigenvalue weighted by Gasteiger charge is 2.33. The van der Waals surface area contributed by atoms with Gasteiger partial charge in [0.15, 0.2) is 0 Å². The molecule has 5 nitrogen and oxygen atoms in total. The van der Waals surface area contributed by atoms with E-state index in [2.05, 4.69) is 115 Å². The number of halogens is 1. The smallest absolute Gasteiger partial charge is 0.140 e. The second-order valence-electron chi connectivity index (χ2n) is 13.7. The Hall–Kier alpha value is -6.27. The topological polar surface area (TPSA) is 44.9 Å². The molecule has 0 unspecified atom stereocenters. The number of para-hydroxylation sites is 1. The second kappa shape index (κ2) is 13.1. The highest BCUT2D eigenvalue weighted by atomic mass is 19.1. The van der Waals surface area contributed by atoms with Crippen molar-refractivity contribution in [1.82, 2.24) is 19.3 Å². The Bertz CT molecular complexity index is 2600. The van der Waals surface area contributed by atoms with Crippen LogP contribution in [0.1, 0.15) is 38.2 Å². The number of ether oxygens (including phenoxy) is 1. The molecule has 254 valence electrons. The number of hydrogen-bond acceptors (Lipinski definition) is 3. The molecule has 6 heteroatoms. The van der Waals surface area contributed by atoms with E-state index in [4.69, 9.17) is 9.84 Å². The summed E-state index contributed by atoms with van der Waals surface area (Å²) in [5, 5.41) is 7.53. The zero-order valence-electron chi connectivity index (χ0n) is 29.1. The lowest BCUT2D eigenvalue weighted by molar-refractivity contribution is 0.451. The Balaban J connectivity index is 1.19. The lowest BCUT2D eigenvalue weighted by atomic mass is 9.74. The third kappa shape index (κ3) is 5.57. The molecule has 0 saturated carbocycles. The molecule has 0 fully saturated rings. The maximum Gasteiger partial charge on any atom is 0.140 e. The molecule has 1 aliphatic carbocycles. The monoisotopic (exact) mass is 680 g/mol. The van der Waals surface area contributed by atoms with Gasteiger partial charge in [-0.05, 0) is 62.1 Å². The lowest BCUT2D eigenvalue weighted by Gasteiger charge is -2.30. The van der Waals surface area contributed by atoms with E-state index < -0.39 is 0 Å². The van der Waals surface area contributed by atoms with Crippen LogP contribution in [0.15, 0.2) is 157 Å². The molecule has 1 aliphatic rings. The SMILES string of the molecule is CC1=CCC[C@H](C)[C@@H]1c1c(-c2ccccc2)nn(-c2cccc(Oc3ccc4c5ccccc5n(-c5cc(F)ccn5)c4c3)c2)c1-c1ccccc1. The van der Waals surface area contributed by atoms with Crippen molar-refractivity contribution < 1.29 is 9.13 Å². The van der Waals surface area contributed by atoms with Crippen LogP contribution < -0.4 is 4.74 Å². The molecule has 8 aromatic rings. The molecule has 0 spiro atoms. The van der Waals surface area contributed by atoms with E-state index in [0.29, 0.717) is 23.2 Å². The number of aromatic nitrogens is 4. The van der Waals surface area contributed by atoms with Gasteiger partial charge in [-0.15, -0.1) is 0 Å². The van der Waals surface area contributed by atoms with Crippen LogP contribution in [0, 0.1) is 11.7 Å². The zero-order valence-corrected chi connectivity index (χ0v) is 29.1. The highest BCUT2D eigenvalue weighted by Crippen LogP contribution is 2.47. The molecule has 5 aromatic carbocycles. The fraction of sp³-hybridized carbons (Fsp3) is 0.130. The van der Waals surface area contributed by atoms with Gasteiger partial charge in [-0.25, -0.2) is 14.1 Å². The van der Waals surface area contributed by atoms with Gasteiger partial charge in [-0.3, -0.25) is 4.57 Å². The van der Waals surface area contributed by atoms with Gasteiger partial charge in [0.2, 0.25) is 0 Å². The van der Waals surface area contributed by atoms with Crippen molar-refractivity contribution in [1.29, 1.82) is 0 Å². The van der Waals surface area contributed by atoms with E-state index in [0.717, 1.165) is 62.8 Å². The summed E-state index contributed by atoms with van der Waals surface area (Å²) in [5.74, 6) is 2.23. The number of pyridine rings is 1. The van der Waals surface area contributed by atoms with E-state index in [1.54, 1.807) is 0 Å². The average Bonchev–Trinajstić information content (AvgIpc) is 3.72. The first-order chi connectivity index (χ1) is 25.5. The largest absolute Gasteiger partial charge is 0.457 e. The summed E-state index contributed by atoms with van der Waals surface area (Å²) in [7, 11) is 0. The van der Waals surface area contributed by atoms with Crippen molar-refractivity contribution in [3.63, 3.8) is 0 Å². The molecule has 0 radical (unpaired) electrons. The van der Waals surface area contributed by atoms with Crippen molar-refractivity contribution in [2.24, 2.45) is 5.92 Å². The van der Waals surface area contributed by atoms with E-state index >= 15 is 0 Å². The minimum atomic E-state index is -0.337. The predicted molar refractivity (Wildman–Crippen MR) is 208 cm³/mol. The summed E-state index contributed by atoms with van der Waals surface area (Å²) in [4.78, 5) is 4.52. The third-order valence-corrected chi connectivity index (χ3v) is 10.4. The van der Waals surface area contributed by atoms with Gasteiger partial charge in [0.05, 0.1) is 28.1 Å². The molecule has 9 rings (SSSR count). The van der Waals surface area contributed by atoms with Crippen molar-refractivity contribution in [3.8, 4) is 45.5 Å². The van der Waals surface area contributed by atoms with Crippen molar-refractivity contribution in [2.45, 2.75) is 32.6 Å². The minimum Gasteiger partial charge on any atom is -0.457 e. The fourth-order valence-electron chi connectivity index (χ4n) is 8.01. The molecular formula is C46H37FN4O. The molecule has 0 N–H and O–H groups in total. The van der Waals surface area contributed by atoms with Crippen LogP contribution in [-0.2, 0) is 0 Å². The third-order valence-electron chi connectivity index (χ3n) is 10.4. The molecule has 3 heterocycles. The number of nitrogens with zero attached hydrogens (tertiary/aromatic N) is 4. The molecular weight excluding hydrogens is 644 g/mol. The van der Waals surface area contributed by atoms with E-state index in [1.807, 2.05) is 47.0 Å². The van der Waals surface area contributed by atoms with Gasteiger partial charge in [0, 0.05) is 57.8 Å². The first kappa shape index (κ1) is 31.7. The molecule has 0 amide bonds. The van der Waals surface area contributed by atoms with Crippen LogP contribution in [-0.4, -0.2) is 19.3 Å². The van der Waals surface area contributed by atoms with Crippen LogP contribution in [0.4, 0.5) is 4.39 Å². The van der Waals surface area contributed by atoms with Crippen molar-refractivity contribution in [3.05, 3.63) is 169 Å². The standard InChI is InChI=1S/C46H37FN4O/c1-30-13-11-14-31(2)43(30)44-45(32-15-5-3-6-16-32)49-51(46(44)33-17-7-4-8-18-33)35-19-12-20-36(28-35)52-37-23-24-39-38-21-9-10-22-40(38)50(41(39)29-37)42-27-34(47)25-26-48-42/h3-10,12-13,15-29,31,43H,11,14H2,1-2H3/t31-,43+/m0/s1. The maximum absolute atomic E-state index is 14.4. The van der Waals surface area contributed by atoms with Gasteiger partial charge in [-0.2, -0.15) is 5.10 Å². The number of hydrogen-bond donors (Lipinski definition) is 0. The molecule has 2 atom stereocenters. The molecule has 0 aliphatic heterocycles. The lowest BCUT2D eigenvalue weighted by Crippen LogP contribution is -2.16. The van der Waals surface area contributed by atoms with Crippen LogP contribution in [0.5, 0.6) is 11.5 Å². The second-order valence-corrected chi connectivity index (χ2v) is 13.7. The van der Waals surface area contributed by atoms with Gasteiger partial charge in [0.25, 0.3) is 0 Å². The Morgan fingerprint density at radius 2 is 1.44 bits per heavy atom. The summed E-state index contributed by atoms with van der Waals surface area (Å²) in [6, 6.07) is 46.3. The first-order valence-corrected chi connectivity index (χ1v) is 17.9. The molecule has 0 bridgehead atoms. The van der Waals surface area contributed by atoms with Gasteiger partial charge < -0.3 is 4.74 Å². The van der Waals surface area contributed by atoms with Crippen LogP contribution in [0.25, 0.3) is 55.8 Å². The van der Waals surface area contributed by atoms with E-state index in [9.17, 15) is 4.39 Å². The summed E-state index contributed by atoms with van der Waals surface area (Å²) in [6.07, 6.45) is 6.14. The average molecular weight is 681 g/mol. The summed E-state index contributed by atoms with van der Waals surface area (Å²) in [5.41, 5.74) is 9.70. The summed E-state index contributed by atoms with van der Waals surface area (Å²) >= 11 is 0. The Labute approximate surface area is 302 Å². The normalized spacial score (nSPS) is 15.9. The fourth-order valence-corrected chi connectivity index (χ4v) is 8.01. The Kier molecular flexibility index (Phi) is 8.00. The van der Waals surface area contributed by atoms with Crippen molar-refractivity contribution >= 4 is 21.8 Å². The maximum atomic E-state index is 14.4. The molecule has 0 saturated heterocycles. The quantitative estimate of drug-likeness (QED) is 0.157. The zero-order chi connectivity index (χ0) is 35.2. The Morgan fingerprint density at radius 3 is 2.23 bits per heavy atom. The Morgan fingerprint density at radius 1 is 0.712 bits per heavy atom. The molecule has 52 heavy (non-hydrogen) atoms. The van der Waals surface area contributed by atoms with Crippen LogP contribution in [0.3, 0.4) is 0 Å². The van der Waals surface area contributed by atoms with E-state index in [-0.39, 0.29) is 11.7 Å². The van der Waals surface area contributed by atoms with E-state index in [1.165, 1.54) is 29.5 Å². The van der Waals surface area contributed by atoms with Gasteiger partial charge in [-0.1, -0.05) is 104 Å². The van der Waals surface area contributed by atoms with Gasteiger partial charge >= 0.3 is 0 Å². The van der Waals surface area contributed by atoms with Crippen LogP contribution in [0.2, 0.25) is 0 Å². The summed E-state index contributed by atoms with van der Waals surface area (Å²) in [6.45, 7) is 4.65. The number of fused-ring (bicyclic) bond motifs is 3. The number of allylic oxidation sites excluding steroid dienone is 2. The van der Waals surface area contributed by atoms with Crippen LogP contribution >= 0.6 is 0 Å². The minimum absolute atomic E-state index is 0.235. The number of benzene rings is 5. The predicted octanol–water partition coefficient (Wildman–Crippen LogP) is 12.1. The first-order valence-electron chi connectivity index (χ1n) is 17.9. The van der Waals surface area contributed by atoms with Crippen molar-refractivity contribution in [2.75, 3.05) is 0 Å². The molecule has 3 aromatic heterocycles. The number of rotatable bonds is 7. The summed E-state index contributed by atoms with van der Waals surface area (Å²) < 4.78 is 25.1. The van der Waals surface area contributed by atoms with Gasteiger partial charge in [0.1, 0.15) is 23.1 Å². The highest BCUT2D eigenvalue weighted by molar-refractivity contribution is 6.09.